The van der Waals surface area contributed by atoms with Crippen molar-refractivity contribution in [3.63, 3.8) is 0 Å². The number of rotatable bonds is 7. The molecule has 4 rings (SSSR count). The standard InChI is InChI=1S/C27H24Br2N4O2/c1-4-35-24-12-9-18(14-25(24)34-3)16-30-33-27(32-26-17(2)13-20(28)15-21(26)29)23-11-10-19-7-5-6-8-22(19)31-23/h5-16H,4H2,1-3H3,(H,32,33)/b30-16+. The van der Waals surface area contributed by atoms with Crippen molar-refractivity contribution in [2.75, 3.05) is 13.7 Å². The van der Waals surface area contributed by atoms with Crippen LogP contribution in [0.4, 0.5) is 5.69 Å². The number of amidine groups is 1. The minimum Gasteiger partial charge on any atom is -0.493 e. The first kappa shape index (κ1) is 24.9. The molecule has 0 aliphatic heterocycles. The number of aliphatic imine (C=N–C) groups is 1. The van der Waals surface area contributed by atoms with Crippen molar-refractivity contribution in [2.24, 2.45) is 10.1 Å². The fourth-order valence-corrected chi connectivity index (χ4v) is 5.02. The highest BCUT2D eigenvalue weighted by Gasteiger charge is 2.11. The van der Waals surface area contributed by atoms with Gasteiger partial charge in [0.15, 0.2) is 17.3 Å². The van der Waals surface area contributed by atoms with E-state index in [0.717, 1.165) is 36.7 Å². The third-order valence-corrected chi connectivity index (χ3v) is 6.22. The summed E-state index contributed by atoms with van der Waals surface area (Å²) in [6.07, 6.45) is 1.71. The number of hydrogen-bond donors (Lipinski definition) is 1. The number of halogens is 2. The third-order valence-electron chi connectivity index (χ3n) is 5.15. The van der Waals surface area contributed by atoms with Crippen LogP contribution in [0.1, 0.15) is 23.7 Å². The van der Waals surface area contributed by atoms with Crippen molar-refractivity contribution < 1.29 is 9.47 Å². The number of benzene rings is 3. The lowest BCUT2D eigenvalue weighted by Gasteiger charge is -2.11. The van der Waals surface area contributed by atoms with Crippen molar-refractivity contribution in [3.8, 4) is 11.5 Å². The molecule has 4 aromatic rings. The summed E-state index contributed by atoms with van der Waals surface area (Å²) < 4.78 is 12.9. The number of aromatic nitrogens is 1. The first-order valence-corrected chi connectivity index (χ1v) is 12.6. The molecule has 178 valence electrons. The Bertz CT molecular complexity index is 1400. The zero-order chi connectivity index (χ0) is 24.8. The average Bonchev–Trinajstić information content (AvgIpc) is 2.85. The number of nitrogens with zero attached hydrogens (tertiary/aromatic N) is 3. The Hall–Kier alpha value is -3.23. The van der Waals surface area contributed by atoms with Gasteiger partial charge in [-0.3, -0.25) is 5.43 Å². The molecule has 0 aliphatic carbocycles. The summed E-state index contributed by atoms with van der Waals surface area (Å²) in [5.41, 5.74) is 7.31. The molecule has 1 heterocycles. The van der Waals surface area contributed by atoms with Gasteiger partial charge in [0.05, 0.1) is 31.1 Å². The molecule has 0 fully saturated rings. The molecule has 1 N–H and O–H groups in total. The fraction of sp³-hybridized carbons (Fsp3) is 0.148. The molecule has 0 saturated heterocycles. The Labute approximate surface area is 221 Å². The third kappa shape index (κ3) is 6.07. The Kier molecular flexibility index (Phi) is 8.15. The number of methoxy groups -OCH3 is 1. The zero-order valence-corrected chi connectivity index (χ0v) is 22.7. The maximum atomic E-state index is 5.60. The monoisotopic (exact) mass is 594 g/mol. The van der Waals surface area contributed by atoms with Crippen molar-refractivity contribution in [2.45, 2.75) is 13.8 Å². The summed E-state index contributed by atoms with van der Waals surface area (Å²) in [4.78, 5) is 9.70. The maximum absolute atomic E-state index is 5.60. The second-order valence-electron chi connectivity index (χ2n) is 7.62. The zero-order valence-electron chi connectivity index (χ0n) is 19.5. The number of hydrogen-bond acceptors (Lipinski definition) is 5. The van der Waals surface area contributed by atoms with Gasteiger partial charge in [0, 0.05) is 14.3 Å². The lowest BCUT2D eigenvalue weighted by molar-refractivity contribution is 0.311. The van der Waals surface area contributed by atoms with E-state index in [1.165, 1.54) is 0 Å². The SMILES string of the molecule is CCOc1ccc(/C=N/NC(=Nc2c(C)cc(Br)cc2Br)c2ccc3ccccc3n2)cc1OC. The van der Waals surface area contributed by atoms with E-state index in [1.54, 1.807) is 13.3 Å². The van der Waals surface area contributed by atoms with Crippen LogP contribution in [0.3, 0.4) is 0 Å². The van der Waals surface area contributed by atoms with Crippen molar-refractivity contribution in [1.82, 2.24) is 10.4 Å². The predicted octanol–water partition coefficient (Wildman–Crippen LogP) is 7.18. The minimum absolute atomic E-state index is 0.524. The van der Waals surface area contributed by atoms with Crippen LogP contribution in [-0.2, 0) is 0 Å². The van der Waals surface area contributed by atoms with Crippen LogP contribution in [0, 0.1) is 6.92 Å². The van der Waals surface area contributed by atoms with Gasteiger partial charge in [0.2, 0.25) is 0 Å². The van der Waals surface area contributed by atoms with E-state index in [0.29, 0.717) is 29.6 Å². The molecule has 0 saturated carbocycles. The molecule has 0 atom stereocenters. The van der Waals surface area contributed by atoms with Crippen molar-refractivity contribution in [3.05, 3.63) is 92.5 Å². The van der Waals surface area contributed by atoms with Crippen LogP contribution >= 0.6 is 31.9 Å². The first-order valence-electron chi connectivity index (χ1n) is 11.0. The second kappa shape index (κ2) is 11.5. The van der Waals surface area contributed by atoms with E-state index in [4.69, 9.17) is 19.5 Å². The van der Waals surface area contributed by atoms with Crippen LogP contribution in [-0.4, -0.2) is 30.8 Å². The average molecular weight is 596 g/mol. The largest absolute Gasteiger partial charge is 0.493 e. The van der Waals surface area contributed by atoms with Gasteiger partial charge in [-0.05, 0) is 83.4 Å². The number of aryl methyl sites for hydroxylation is 1. The Morgan fingerprint density at radius 1 is 1.03 bits per heavy atom. The smallest absolute Gasteiger partial charge is 0.173 e. The van der Waals surface area contributed by atoms with Gasteiger partial charge >= 0.3 is 0 Å². The molecule has 6 nitrogen and oxygen atoms in total. The Morgan fingerprint density at radius 2 is 1.86 bits per heavy atom. The highest BCUT2D eigenvalue weighted by Crippen LogP contribution is 2.33. The molecule has 0 bridgehead atoms. The predicted molar refractivity (Wildman–Crippen MR) is 149 cm³/mol. The van der Waals surface area contributed by atoms with Crippen LogP contribution in [0.15, 0.2) is 85.8 Å². The summed E-state index contributed by atoms with van der Waals surface area (Å²) in [5, 5.41) is 5.51. The van der Waals surface area contributed by atoms with E-state index in [1.807, 2.05) is 80.6 Å². The molecule has 8 heteroatoms. The van der Waals surface area contributed by atoms with Gasteiger partial charge in [-0.1, -0.05) is 40.2 Å². The second-order valence-corrected chi connectivity index (χ2v) is 9.39. The van der Waals surface area contributed by atoms with Crippen LogP contribution < -0.4 is 14.9 Å². The van der Waals surface area contributed by atoms with Gasteiger partial charge in [-0.2, -0.15) is 5.10 Å². The van der Waals surface area contributed by atoms with Crippen molar-refractivity contribution in [1.29, 1.82) is 0 Å². The molecular weight excluding hydrogens is 572 g/mol. The number of nitrogens with one attached hydrogen (secondary N) is 1. The first-order chi connectivity index (χ1) is 17.0. The number of hydrazone groups is 1. The number of pyridine rings is 1. The lowest BCUT2D eigenvalue weighted by Crippen LogP contribution is -2.20. The van der Waals surface area contributed by atoms with Gasteiger partial charge in [0.25, 0.3) is 0 Å². The normalized spacial score (nSPS) is 11.7. The van der Waals surface area contributed by atoms with Gasteiger partial charge < -0.3 is 9.47 Å². The highest BCUT2D eigenvalue weighted by molar-refractivity contribution is 9.11. The number of ether oxygens (including phenoxy) is 2. The maximum Gasteiger partial charge on any atom is 0.173 e. The van der Waals surface area contributed by atoms with E-state index < -0.39 is 0 Å². The highest BCUT2D eigenvalue weighted by atomic mass is 79.9. The summed E-state index contributed by atoms with van der Waals surface area (Å²) in [6, 6.07) is 21.6. The van der Waals surface area contributed by atoms with Crippen LogP contribution in [0.2, 0.25) is 0 Å². The van der Waals surface area contributed by atoms with Crippen molar-refractivity contribution >= 4 is 60.5 Å². The number of fused-ring (bicyclic) bond motifs is 1. The Balaban J connectivity index is 1.71. The molecule has 1 aromatic heterocycles. The van der Waals surface area contributed by atoms with E-state index in [-0.39, 0.29) is 0 Å². The molecule has 0 unspecified atom stereocenters. The quantitative estimate of drug-likeness (QED) is 0.140. The lowest BCUT2D eigenvalue weighted by atomic mass is 10.2. The van der Waals surface area contributed by atoms with Gasteiger partial charge in [-0.25, -0.2) is 9.98 Å². The molecule has 0 radical (unpaired) electrons. The molecule has 0 spiro atoms. The summed E-state index contributed by atoms with van der Waals surface area (Å²) in [6.45, 7) is 4.51. The summed E-state index contributed by atoms with van der Waals surface area (Å²) in [7, 11) is 1.62. The minimum atomic E-state index is 0.524. The number of para-hydroxylation sites is 1. The van der Waals surface area contributed by atoms with Crippen LogP contribution in [0.25, 0.3) is 10.9 Å². The summed E-state index contributed by atoms with van der Waals surface area (Å²) >= 11 is 7.16. The van der Waals surface area contributed by atoms with Gasteiger partial charge in [-0.15, -0.1) is 0 Å². The topological polar surface area (TPSA) is 68.1 Å². The summed E-state index contributed by atoms with van der Waals surface area (Å²) in [5.74, 6) is 1.87. The van der Waals surface area contributed by atoms with E-state index in [2.05, 4.69) is 42.4 Å². The molecule has 0 aliphatic rings. The molecule has 3 aromatic carbocycles. The van der Waals surface area contributed by atoms with E-state index >= 15 is 0 Å². The van der Waals surface area contributed by atoms with Crippen LogP contribution in [0.5, 0.6) is 11.5 Å². The molecular formula is C27H24Br2N4O2. The molecule has 0 amide bonds. The molecule has 35 heavy (non-hydrogen) atoms. The fourth-order valence-electron chi connectivity index (χ4n) is 3.49. The van der Waals surface area contributed by atoms with Gasteiger partial charge in [0.1, 0.15) is 5.69 Å². The Morgan fingerprint density at radius 3 is 2.63 bits per heavy atom. The van der Waals surface area contributed by atoms with E-state index in [9.17, 15) is 0 Å².